The summed E-state index contributed by atoms with van der Waals surface area (Å²) in [5, 5.41) is 28.5. The minimum Gasteiger partial charge on any atom is -0.458 e. The quantitative estimate of drug-likeness (QED) is 0.00825. The summed E-state index contributed by atoms with van der Waals surface area (Å²) in [4.78, 5) is 151. The number of nitrogens with one attached hydrogen (secondary N) is 7. The smallest absolute Gasteiger partial charge is 0.343 e. The average Bonchev–Trinajstić information content (AvgIpc) is 1.55. The molecule has 2 fully saturated rings. The lowest BCUT2D eigenvalue weighted by Crippen LogP contribution is -2.46. The number of fused-ring (bicyclic) bond motifs is 5. The van der Waals surface area contributed by atoms with E-state index in [2.05, 4.69) is 49.8 Å². The second-order valence-electron chi connectivity index (χ2n) is 21.1. The summed E-state index contributed by atoms with van der Waals surface area (Å²) >= 11 is 4.04. The number of aromatic nitrogens is 2. The van der Waals surface area contributed by atoms with Crippen LogP contribution in [-0.2, 0) is 102 Å². The number of amides is 10. The van der Waals surface area contributed by atoms with E-state index in [1.165, 1.54) is 6.07 Å². The topological polar surface area (TPSA) is 380 Å². The van der Waals surface area contributed by atoms with Gasteiger partial charge in [-0.05, 0) is 61.8 Å². The zero-order valence-electron chi connectivity index (χ0n) is 49.0. The summed E-state index contributed by atoms with van der Waals surface area (Å²) in [5.41, 5.74) is 2.64. The van der Waals surface area contributed by atoms with Crippen LogP contribution in [0.2, 0.25) is 0 Å². The molecule has 88 heavy (non-hydrogen) atoms. The molecule has 3 atom stereocenters. The van der Waals surface area contributed by atoms with Gasteiger partial charge in [-0.3, -0.25) is 57.6 Å². The zero-order chi connectivity index (χ0) is 63.5. The summed E-state index contributed by atoms with van der Waals surface area (Å²) in [7, 11) is 0. The van der Waals surface area contributed by atoms with E-state index in [9.17, 15) is 67.0 Å². The first-order valence-corrected chi connectivity index (χ1v) is 29.5. The summed E-state index contributed by atoms with van der Waals surface area (Å²) in [5.74, 6) is -5.22. The Hall–Kier alpha value is -7.97. The largest absolute Gasteiger partial charge is 0.458 e. The molecule has 3 aromatic rings. The van der Waals surface area contributed by atoms with Gasteiger partial charge in [0.2, 0.25) is 59.6 Å². The Morgan fingerprint density at radius 2 is 1.33 bits per heavy atom. The fourth-order valence-corrected chi connectivity index (χ4v) is 10.8. The number of aryl methyl sites for hydroxylation is 1. The van der Waals surface area contributed by atoms with Crippen molar-refractivity contribution in [2.75, 3.05) is 112 Å². The molecule has 1 aliphatic carbocycles. The lowest BCUT2D eigenvalue weighted by molar-refractivity contribution is -0.172. The Morgan fingerprint density at radius 3 is 1.91 bits per heavy atom. The molecule has 2 aromatic heterocycles. The fraction of sp³-hybridized carbons (Fsp3) is 0.561. The maximum Gasteiger partial charge on any atom is 0.343 e. The number of hydrogen-bond acceptors (Lipinski definition) is 20. The van der Waals surface area contributed by atoms with Crippen LogP contribution in [-0.4, -0.2) is 207 Å². The molecule has 5 aliphatic rings. The number of likely N-dealkylation sites (tertiary alicyclic amines) is 2. The van der Waals surface area contributed by atoms with E-state index in [1.807, 2.05) is 0 Å². The first-order chi connectivity index (χ1) is 42.3. The van der Waals surface area contributed by atoms with Gasteiger partial charge in [-0.1, -0.05) is 6.92 Å². The number of halogens is 1. The van der Waals surface area contributed by atoms with Crippen LogP contribution in [0.25, 0.3) is 22.3 Å². The van der Waals surface area contributed by atoms with Crippen molar-refractivity contribution in [1.29, 1.82) is 0 Å². The molecule has 2 saturated heterocycles. The lowest BCUT2D eigenvalue weighted by atomic mass is 9.81. The summed E-state index contributed by atoms with van der Waals surface area (Å²) in [6, 6.07) is 2.72. The van der Waals surface area contributed by atoms with Crippen LogP contribution < -0.4 is 42.8 Å². The Kier molecular flexibility index (Phi) is 24.8. The molecule has 6 heterocycles. The number of nitrogens with zero attached hydrogens (tertiary/aromatic N) is 4. The zero-order valence-corrected chi connectivity index (χ0v) is 49.9. The van der Waals surface area contributed by atoms with E-state index in [0.717, 1.165) is 39.8 Å². The number of carbonyl (C=O) groups is 11. The van der Waals surface area contributed by atoms with Crippen molar-refractivity contribution in [3.63, 3.8) is 0 Å². The third-order valence-corrected chi connectivity index (χ3v) is 15.7. The van der Waals surface area contributed by atoms with Crippen LogP contribution in [0.15, 0.2) is 16.9 Å². The van der Waals surface area contributed by atoms with E-state index in [-0.39, 0.29) is 150 Å². The van der Waals surface area contributed by atoms with Gasteiger partial charge in [-0.15, -0.1) is 0 Å². The molecule has 3 unspecified atom stereocenters. The standard InChI is InChI=1S/C32H52N8O13S.C25H22FN3O5/c41-24(3-8-40-30(47)17-23(54)32(40)49)33-5-10-51-12-14-53-16-15-52-13-11-50-9-4-25(42)34-18-26(43)35-19-27(44)36-20-28(45)37-21-29(46)38-22-31(48)39-6-1-2-7-39;1-3-25(33)15-6-19-22-13(8-29(19)23(31)14(15)9-34-24(25)32)21-17(27-10-30)5-4-12-11(2)16(26)7-18(28-22)20(12)21/h23,54H,1-22H2,(H,33,41)(H,34,42)(H,35,43)(H,36,44)(H,37,45)(H,38,46);6-7,10,17,33H,3-5,8-9H2,1-2H3,(H,27,30). The van der Waals surface area contributed by atoms with Crippen molar-refractivity contribution < 1.29 is 85.9 Å². The van der Waals surface area contributed by atoms with Gasteiger partial charge in [0.1, 0.15) is 12.4 Å². The number of esters is 1. The highest BCUT2D eigenvalue weighted by Crippen LogP contribution is 2.46. The van der Waals surface area contributed by atoms with Crippen molar-refractivity contribution >= 4 is 89.1 Å². The van der Waals surface area contributed by atoms with Gasteiger partial charge < -0.3 is 75.5 Å². The van der Waals surface area contributed by atoms with Gasteiger partial charge in [0, 0.05) is 68.0 Å². The van der Waals surface area contributed by atoms with E-state index >= 15 is 0 Å². The van der Waals surface area contributed by atoms with Crippen molar-refractivity contribution in [3.05, 3.63) is 61.7 Å². The molecule has 8 rings (SSSR count). The van der Waals surface area contributed by atoms with Crippen LogP contribution >= 0.6 is 12.6 Å². The highest BCUT2D eigenvalue weighted by Gasteiger charge is 2.46. The highest BCUT2D eigenvalue weighted by molar-refractivity contribution is 7.81. The maximum absolute atomic E-state index is 14.8. The Bertz CT molecular complexity index is 3210. The number of rotatable bonds is 31. The number of benzene rings is 1. The summed E-state index contributed by atoms with van der Waals surface area (Å²) < 4.78 is 42.9. The van der Waals surface area contributed by atoms with Crippen molar-refractivity contribution in [2.45, 2.75) is 95.3 Å². The molecular formula is C57H74FN11O18S. The Morgan fingerprint density at radius 1 is 0.761 bits per heavy atom. The number of pyridine rings is 2. The third kappa shape index (κ3) is 17.4. The second-order valence-corrected chi connectivity index (χ2v) is 21.7. The number of carbonyl (C=O) groups excluding carboxylic acids is 11. The van der Waals surface area contributed by atoms with Crippen LogP contribution in [0.3, 0.4) is 0 Å². The molecule has 31 heteroatoms. The molecule has 0 radical (unpaired) electrons. The summed E-state index contributed by atoms with van der Waals surface area (Å²) in [6.07, 6.45) is 3.83. The number of imide groups is 1. The third-order valence-electron chi connectivity index (χ3n) is 15.3. The first kappa shape index (κ1) is 67.5. The average molecular weight is 1250 g/mol. The minimum absolute atomic E-state index is 0.000140. The number of hydrogen-bond donors (Lipinski definition) is 9. The van der Waals surface area contributed by atoms with Crippen LogP contribution in [0, 0.1) is 12.7 Å². The monoisotopic (exact) mass is 1250 g/mol. The van der Waals surface area contributed by atoms with Crippen molar-refractivity contribution in [2.24, 2.45) is 0 Å². The normalized spacial score (nSPS) is 17.9. The fourth-order valence-electron chi connectivity index (χ4n) is 10.5. The van der Waals surface area contributed by atoms with Gasteiger partial charge in [0.25, 0.3) is 5.56 Å². The molecule has 0 saturated carbocycles. The molecule has 0 spiro atoms. The molecular weight excluding hydrogens is 1180 g/mol. The molecule has 478 valence electrons. The van der Waals surface area contributed by atoms with Crippen molar-refractivity contribution in [1.82, 2.24) is 56.6 Å². The van der Waals surface area contributed by atoms with E-state index in [0.29, 0.717) is 81.2 Å². The molecule has 29 nitrogen and oxygen atoms in total. The van der Waals surface area contributed by atoms with Gasteiger partial charge in [0.15, 0.2) is 5.60 Å². The maximum atomic E-state index is 14.8. The predicted octanol–water partition coefficient (Wildman–Crippen LogP) is -2.53. The SMILES string of the molecule is CCC1(O)C(=O)OCc2c1cc1n(c2=O)Cc2c-1nc1cc(F)c(C)c3c1c2C(NC=O)CC3.O=C(CCN1C(=O)CC(S)C1=O)NCCOCCOCCOCCOCCC(=O)NCC(=O)NCC(=O)NCC(=O)NCC(=O)NCC(=O)N1CCCC1. The molecule has 8 N–H and O–H groups in total. The number of aliphatic hydroxyl groups is 1. The molecule has 4 aliphatic heterocycles. The predicted molar refractivity (Wildman–Crippen MR) is 310 cm³/mol. The molecule has 0 bridgehead atoms. The van der Waals surface area contributed by atoms with E-state index in [1.54, 1.807) is 29.4 Å². The number of cyclic esters (lactones) is 1. The first-order valence-electron chi connectivity index (χ1n) is 29.0. The van der Waals surface area contributed by atoms with Crippen LogP contribution in [0.5, 0.6) is 0 Å². The summed E-state index contributed by atoms with van der Waals surface area (Å²) in [6.45, 7) is 5.46. The molecule has 10 amide bonds. The molecule has 1 aromatic carbocycles. The van der Waals surface area contributed by atoms with Gasteiger partial charge in [-0.25, -0.2) is 14.2 Å². The Labute approximate surface area is 509 Å². The highest BCUT2D eigenvalue weighted by atomic mass is 32.1. The second kappa shape index (κ2) is 32.3. The van der Waals surface area contributed by atoms with Crippen molar-refractivity contribution in [3.8, 4) is 11.4 Å². The van der Waals surface area contributed by atoms with E-state index < -0.39 is 59.4 Å². The van der Waals surface area contributed by atoms with Crippen LogP contribution in [0.4, 0.5) is 4.39 Å². The minimum atomic E-state index is -1.92. The lowest BCUT2D eigenvalue weighted by Gasteiger charge is -2.31. The van der Waals surface area contributed by atoms with Gasteiger partial charge in [0.05, 0.1) is 126 Å². The van der Waals surface area contributed by atoms with Gasteiger partial charge in [-0.2, -0.15) is 12.6 Å². The van der Waals surface area contributed by atoms with Gasteiger partial charge >= 0.3 is 5.97 Å². The van der Waals surface area contributed by atoms with Crippen LogP contribution in [0.1, 0.15) is 91.3 Å². The number of ether oxygens (including phenoxy) is 5. The number of thiol groups is 1. The Balaban J connectivity index is 0.000000275. The van der Waals surface area contributed by atoms with E-state index in [4.69, 9.17) is 28.7 Å².